The molecule has 4 nitrogen and oxygen atoms in total. The van der Waals surface area contributed by atoms with Crippen LogP contribution < -0.4 is 10.6 Å². The number of ether oxygens (including phenoxy) is 1. The summed E-state index contributed by atoms with van der Waals surface area (Å²) >= 11 is 0. The Morgan fingerprint density at radius 3 is 2.40 bits per heavy atom. The van der Waals surface area contributed by atoms with Gasteiger partial charge in [-0.05, 0) is 35.2 Å². The first-order valence-electron chi connectivity index (χ1n) is 8.70. The summed E-state index contributed by atoms with van der Waals surface area (Å²) in [6, 6.07) is 15.9. The quantitative estimate of drug-likeness (QED) is 0.902. The van der Waals surface area contributed by atoms with E-state index in [1.54, 1.807) is 0 Å². The summed E-state index contributed by atoms with van der Waals surface area (Å²) in [6.45, 7) is 1.23. The third kappa shape index (κ3) is 3.12. The third-order valence-corrected chi connectivity index (χ3v) is 5.05. The van der Waals surface area contributed by atoms with E-state index in [-0.39, 0.29) is 19.1 Å². The second-order valence-corrected chi connectivity index (χ2v) is 6.59. The third-order valence-electron chi connectivity index (χ3n) is 5.05. The molecule has 2 aromatic rings. The maximum atomic E-state index is 13.8. The Balaban J connectivity index is 1.45. The van der Waals surface area contributed by atoms with Crippen molar-refractivity contribution in [1.82, 2.24) is 10.6 Å². The number of hydrogen-bond acceptors (Lipinski definition) is 3. The first-order chi connectivity index (χ1) is 12.2. The maximum Gasteiger partial charge on any atom is 0.407 e. The molecule has 1 aliphatic heterocycles. The molecule has 1 saturated heterocycles. The van der Waals surface area contributed by atoms with Crippen LogP contribution in [0.1, 0.15) is 23.5 Å². The van der Waals surface area contributed by atoms with Crippen LogP contribution >= 0.6 is 0 Å². The molecule has 25 heavy (non-hydrogen) atoms. The number of carbonyl (C=O) groups is 1. The van der Waals surface area contributed by atoms with Gasteiger partial charge < -0.3 is 15.4 Å². The zero-order valence-electron chi connectivity index (χ0n) is 13.9. The Morgan fingerprint density at radius 1 is 1.12 bits per heavy atom. The lowest BCUT2D eigenvalue weighted by molar-refractivity contribution is 0.125. The van der Waals surface area contributed by atoms with Crippen molar-refractivity contribution >= 4 is 6.09 Å². The monoisotopic (exact) mass is 340 g/mol. The first kappa shape index (κ1) is 16.1. The molecule has 0 spiro atoms. The molecule has 2 aromatic carbocycles. The van der Waals surface area contributed by atoms with E-state index in [1.807, 2.05) is 24.3 Å². The number of piperidine rings is 1. The van der Waals surface area contributed by atoms with Gasteiger partial charge in [0.05, 0.1) is 6.04 Å². The van der Waals surface area contributed by atoms with Crippen molar-refractivity contribution in [2.75, 3.05) is 19.7 Å². The average Bonchev–Trinajstić information content (AvgIpc) is 2.96. The molecule has 130 valence electrons. The molecule has 0 saturated carbocycles. The van der Waals surface area contributed by atoms with Gasteiger partial charge in [-0.3, -0.25) is 0 Å². The molecule has 4 rings (SSSR count). The molecule has 2 atom stereocenters. The van der Waals surface area contributed by atoms with E-state index >= 15 is 0 Å². The van der Waals surface area contributed by atoms with Crippen LogP contribution in [0, 0.1) is 0 Å². The number of nitrogens with one attached hydrogen (secondary N) is 2. The molecule has 0 aromatic heterocycles. The van der Waals surface area contributed by atoms with Gasteiger partial charge in [-0.2, -0.15) is 0 Å². The highest BCUT2D eigenvalue weighted by molar-refractivity contribution is 5.79. The molecule has 1 aliphatic carbocycles. The van der Waals surface area contributed by atoms with Gasteiger partial charge in [0, 0.05) is 12.5 Å². The summed E-state index contributed by atoms with van der Waals surface area (Å²) in [5, 5.41) is 5.63. The number of carbonyl (C=O) groups excluding carboxylic acids is 1. The molecule has 0 radical (unpaired) electrons. The van der Waals surface area contributed by atoms with Crippen LogP contribution in [-0.4, -0.2) is 38.0 Å². The van der Waals surface area contributed by atoms with E-state index in [1.165, 1.54) is 22.3 Å². The van der Waals surface area contributed by atoms with E-state index in [9.17, 15) is 9.18 Å². The van der Waals surface area contributed by atoms with Gasteiger partial charge in [0.2, 0.25) is 0 Å². The summed E-state index contributed by atoms with van der Waals surface area (Å²) in [6.07, 6.45) is -1.05. The predicted octanol–water partition coefficient (Wildman–Crippen LogP) is 3.23. The molecule has 2 N–H and O–H groups in total. The Hall–Kier alpha value is -2.40. The van der Waals surface area contributed by atoms with Crippen molar-refractivity contribution in [3.63, 3.8) is 0 Å². The highest BCUT2D eigenvalue weighted by Crippen LogP contribution is 2.44. The zero-order chi connectivity index (χ0) is 17.2. The molecule has 0 bridgehead atoms. The number of halogens is 1. The van der Waals surface area contributed by atoms with Crippen molar-refractivity contribution in [2.45, 2.75) is 24.6 Å². The lowest BCUT2D eigenvalue weighted by Crippen LogP contribution is -2.51. The smallest absolute Gasteiger partial charge is 0.407 e. The number of hydrogen-bond donors (Lipinski definition) is 2. The fourth-order valence-corrected chi connectivity index (χ4v) is 3.77. The fourth-order valence-electron chi connectivity index (χ4n) is 3.77. The zero-order valence-corrected chi connectivity index (χ0v) is 13.9. The lowest BCUT2D eigenvalue weighted by Gasteiger charge is -2.27. The Kier molecular flexibility index (Phi) is 4.40. The normalized spacial score (nSPS) is 22.1. The van der Waals surface area contributed by atoms with Crippen LogP contribution in [0.25, 0.3) is 11.1 Å². The summed E-state index contributed by atoms with van der Waals surface area (Å²) in [4.78, 5) is 12.1. The number of alkyl carbamates (subject to hydrolysis) is 1. The van der Waals surface area contributed by atoms with E-state index < -0.39 is 18.3 Å². The van der Waals surface area contributed by atoms with Crippen LogP contribution in [0.3, 0.4) is 0 Å². The number of rotatable bonds is 3. The summed E-state index contributed by atoms with van der Waals surface area (Å²) in [5.41, 5.74) is 4.71. The summed E-state index contributed by atoms with van der Waals surface area (Å²) < 4.78 is 19.3. The minimum absolute atomic E-state index is 0.0207. The van der Waals surface area contributed by atoms with E-state index in [4.69, 9.17) is 4.74 Å². The predicted molar refractivity (Wildman–Crippen MR) is 94.4 cm³/mol. The van der Waals surface area contributed by atoms with Gasteiger partial charge in [-0.25, -0.2) is 9.18 Å². The minimum atomic E-state index is -1.07. The van der Waals surface area contributed by atoms with Crippen LogP contribution in [-0.2, 0) is 4.74 Å². The van der Waals surface area contributed by atoms with Gasteiger partial charge >= 0.3 is 6.09 Å². The van der Waals surface area contributed by atoms with Gasteiger partial charge in [-0.15, -0.1) is 0 Å². The van der Waals surface area contributed by atoms with Crippen molar-refractivity contribution < 1.29 is 13.9 Å². The maximum absolute atomic E-state index is 13.8. The molecule has 1 fully saturated rings. The minimum Gasteiger partial charge on any atom is -0.449 e. The standard InChI is InChI=1S/C20H21FN2O2/c21-18-11-22-10-9-19(18)23-20(24)25-12-17-15-7-3-1-5-13(15)14-6-2-4-8-16(14)17/h1-8,17-19,22H,9-12H2,(H,23,24). The van der Waals surface area contributed by atoms with Crippen LogP contribution in [0.4, 0.5) is 9.18 Å². The highest BCUT2D eigenvalue weighted by Gasteiger charge is 2.30. The molecular weight excluding hydrogens is 319 g/mol. The van der Waals surface area contributed by atoms with Crippen molar-refractivity contribution in [3.05, 3.63) is 59.7 Å². The molecule has 1 heterocycles. The average molecular weight is 340 g/mol. The number of alkyl halides is 1. The van der Waals surface area contributed by atoms with Crippen LogP contribution in [0.2, 0.25) is 0 Å². The van der Waals surface area contributed by atoms with Crippen LogP contribution in [0.5, 0.6) is 0 Å². The second kappa shape index (κ2) is 6.84. The van der Waals surface area contributed by atoms with Gasteiger partial charge in [0.1, 0.15) is 12.8 Å². The molecule has 5 heteroatoms. The molecule has 2 unspecified atom stereocenters. The van der Waals surface area contributed by atoms with Gasteiger partial charge in [-0.1, -0.05) is 48.5 Å². The lowest BCUT2D eigenvalue weighted by atomic mass is 9.98. The Labute approximate surface area is 146 Å². The van der Waals surface area contributed by atoms with E-state index in [0.717, 1.165) is 0 Å². The van der Waals surface area contributed by atoms with E-state index in [0.29, 0.717) is 13.0 Å². The fraction of sp³-hybridized carbons (Fsp3) is 0.350. The molecule has 1 amide bonds. The van der Waals surface area contributed by atoms with E-state index in [2.05, 4.69) is 34.9 Å². The number of benzene rings is 2. The Bertz CT molecular complexity index is 734. The largest absolute Gasteiger partial charge is 0.449 e. The number of amides is 1. The van der Waals surface area contributed by atoms with Crippen molar-refractivity contribution in [2.24, 2.45) is 0 Å². The topological polar surface area (TPSA) is 50.4 Å². The van der Waals surface area contributed by atoms with Gasteiger partial charge in [0.15, 0.2) is 0 Å². The number of fused-ring (bicyclic) bond motifs is 3. The van der Waals surface area contributed by atoms with Crippen molar-refractivity contribution in [3.8, 4) is 11.1 Å². The van der Waals surface area contributed by atoms with Gasteiger partial charge in [0.25, 0.3) is 0 Å². The molecule has 2 aliphatic rings. The SMILES string of the molecule is O=C(NC1CCNCC1F)OCC1c2ccccc2-c2ccccc21. The Morgan fingerprint density at radius 2 is 1.76 bits per heavy atom. The summed E-state index contributed by atoms with van der Waals surface area (Å²) in [7, 11) is 0. The second-order valence-electron chi connectivity index (χ2n) is 6.59. The molecular formula is C20H21FN2O2. The van der Waals surface area contributed by atoms with Crippen molar-refractivity contribution in [1.29, 1.82) is 0 Å². The highest BCUT2D eigenvalue weighted by atomic mass is 19.1. The van der Waals surface area contributed by atoms with Crippen LogP contribution in [0.15, 0.2) is 48.5 Å². The first-order valence-corrected chi connectivity index (χ1v) is 8.70. The summed E-state index contributed by atoms with van der Waals surface area (Å²) in [5.74, 6) is 0.0207.